The van der Waals surface area contributed by atoms with E-state index in [1.807, 2.05) is 0 Å². The number of hydrogen-bond donors (Lipinski definition) is 3. The molecule has 1 aliphatic carbocycles. The molecule has 0 aliphatic heterocycles. The number of alkyl carbamates (subject to hydrolysis) is 1. The molecule has 3 N–H and O–H groups in total. The van der Waals surface area contributed by atoms with Gasteiger partial charge in [0, 0.05) is 6.04 Å². The molecule has 1 saturated carbocycles. The highest BCUT2D eigenvalue weighted by Gasteiger charge is 2.43. The Morgan fingerprint density at radius 3 is 2.28 bits per heavy atom. The lowest BCUT2D eigenvalue weighted by atomic mass is 9.87. The molecule has 2 atom stereocenters. The van der Waals surface area contributed by atoms with Crippen LogP contribution in [0.5, 0.6) is 5.75 Å². The average molecular weight is 506 g/mol. The number of rotatable bonds is 9. The summed E-state index contributed by atoms with van der Waals surface area (Å²) < 4.78 is 10.0. The second-order valence-corrected chi connectivity index (χ2v) is 10.4. The number of amides is 3. The average Bonchev–Trinajstić information content (AvgIpc) is 2.74. The van der Waals surface area contributed by atoms with E-state index in [0.717, 1.165) is 6.42 Å². The molecule has 1 fully saturated rings. The standard InChI is InChI=1S/C26H39N3O7/c1-15(2)21(28-25(34)36-26(4,5)6)24(33)29(18-9-8-10-18)22(23(32)27-14-20(31)35-7)17-11-12-19(30)16(3)13-17/h11-13,15,18,21-22,30H,8-10,14H2,1-7H3,(H,27,32)(H,28,34). The first kappa shape index (κ1) is 28.9. The van der Waals surface area contributed by atoms with E-state index in [9.17, 15) is 24.3 Å². The molecule has 0 saturated heterocycles. The molecule has 10 nitrogen and oxygen atoms in total. The normalized spacial score (nSPS) is 15.3. The van der Waals surface area contributed by atoms with Crippen LogP contribution in [0.25, 0.3) is 0 Å². The minimum Gasteiger partial charge on any atom is -0.508 e. The van der Waals surface area contributed by atoms with E-state index in [1.54, 1.807) is 53.7 Å². The Hall–Kier alpha value is -3.30. The van der Waals surface area contributed by atoms with Gasteiger partial charge >= 0.3 is 12.1 Å². The molecule has 0 heterocycles. The van der Waals surface area contributed by atoms with Gasteiger partial charge in [-0.1, -0.05) is 19.9 Å². The Bertz CT molecular complexity index is 967. The van der Waals surface area contributed by atoms with Crippen molar-refractivity contribution in [2.45, 2.75) is 84.5 Å². The quantitative estimate of drug-likeness (QED) is 0.439. The number of nitrogens with zero attached hydrogens (tertiary/aromatic N) is 1. The predicted octanol–water partition coefficient (Wildman–Crippen LogP) is 2.96. The third kappa shape index (κ3) is 7.60. The molecule has 2 unspecified atom stereocenters. The van der Waals surface area contributed by atoms with Gasteiger partial charge in [0.1, 0.15) is 30.0 Å². The Labute approximate surface area is 212 Å². The number of aromatic hydroxyl groups is 1. The maximum absolute atomic E-state index is 14.0. The smallest absolute Gasteiger partial charge is 0.408 e. The van der Waals surface area contributed by atoms with E-state index in [0.29, 0.717) is 24.0 Å². The fourth-order valence-electron chi connectivity index (χ4n) is 3.91. The van der Waals surface area contributed by atoms with E-state index < -0.39 is 41.6 Å². The van der Waals surface area contributed by atoms with Crippen LogP contribution in [0, 0.1) is 12.8 Å². The van der Waals surface area contributed by atoms with E-state index in [2.05, 4.69) is 15.4 Å². The Morgan fingerprint density at radius 2 is 1.81 bits per heavy atom. The number of benzene rings is 1. The summed E-state index contributed by atoms with van der Waals surface area (Å²) in [4.78, 5) is 53.2. The highest BCUT2D eigenvalue weighted by atomic mass is 16.6. The summed E-state index contributed by atoms with van der Waals surface area (Å²) >= 11 is 0. The number of phenols is 1. The van der Waals surface area contributed by atoms with Crippen molar-refractivity contribution in [3.05, 3.63) is 29.3 Å². The van der Waals surface area contributed by atoms with Crippen molar-refractivity contribution in [2.24, 2.45) is 5.92 Å². The number of carbonyl (C=O) groups excluding carboxylic acids is 4. The Balaban J connectivity index is 2.49. The van der Waals surface area contributed by atoms with Crippen molar-refractivity contribution in [3.8, 4) is 5.75 Å². The van der Waals surface area contributed by atoms with Gasteiger partial charge in [0.25, 0.3) is 0 Å². The van der Waals surface area contributed by atoms with Crippen LogP contribution in [-0.2, 0) is 23.9 Å². The number of methoxy groups -OCH3 is 1. The second kappa shape index (κ2) is 12.1. The highest BCUT2D eigenvalue weighted by molar-refractivity contribution is 5.93. The topological polar surface area (TPSA) is 134 Å². The zero-order valence-electron chi connectivity index (χ0n) is 22.2. The number of aryl methyl sites for hydroxylation is 1. The fourth-order valence-corrected chi connectivity index (χ4v) is 3.91. The number of ether oxygens (including phenoxy) is 2. The number of hydrogen-bond acceptors (Lipinski definition) is 7. The van der Waals surface area contributed by atoms with Crippen molar-refractivity contribution in [2.75, 3.05) is 13.7 Å². The summed E-state index contributed by atoms with van der Waals surface area (Å²) in [5, 5.41) is 15.3. The van der Waals surface area contributed by atoms with Crippen molar-refractivity contribution < 1.29 is 33.8 Å². The summed E-state index contributed by atoms with van der Waals surface area (Å²) in [5.74, 6) is -1.86. The van der Waals surface area contributed by atoms with Gasteiger partial charge in [0.15, 0.2) is 0 Å². The van der Waals surface area contributed by atoms with Crippen molar-refractivity contribution >= 4 is 23.9 Å². The van der Waals surface area contributed by atoms with Gasteiger partial charge in [-0.15, -0.1) is 0 Å². The lowest BCUT2D eigenvalue weighted by molar-refractivity contribution is -0.149. The largest absolute Gasteiger partial charge is 0.508 e. The van der Waals surface area contributed by atoms with E-state index in [-0.39, 0.29) is 24.3 Å². The maximum atomic E-state index is 14.0. The summed E-state index contributed by atoms with van der Waals surface area (Å²) in [5.41, 5.74) is 0.265. The first-order chi connectivity index (χ1) is 16.7. The molecule has 2 rings (SSSR count). The number of phenolic OH excluding ortho intramolecular Hbond substituents is 1. The molecule has 1 aromatic rings. The minimum atomic E-state index is -1.09. The molecule has 0 spiro atoms. The lowest BCUT2D eigenvalue weighted by Crippen LogP contribution is -2.59. The van der Waals surface area contributed by atoms with Crippen LogP contribution in [0.3, 0.4) is 0 Å². The Kier molecular flexibility index (Phi) is 9.72. The van der Waals surface area contributed by atoms with Gasteiger partial charge in [0.2, 0.25) is 11.8 Å². The molecule has 36 heavy (non-hydrogen) atoms. The maximum Gasteiger partial charge on any atom is 0.408 e. The lowest BCUT2D eigenvalue weighted by Gasteiger charge is -2.44. The van der Waals surface area contributed by atoms with Gasteiger partial charge in [-0.25, -0.2) is 4.79 Å². The monoisotopic (exact) mass is 505 g/mol. The zero-order chi connectivity index (χ0) is 27.2. The molecule has 0 radical (unpaired) electrons. The van der Waals surface area contributed by atoms with E-state index >= 15 is 0 Å². The highest BCUT2D eigenvalue weighted by Crippen LogP contribution is 2.35. The van der Waals surface area contributed by atoms with Crippen LogP contribution >= 0.6 is 0 Å². The third-order valence-electron chi connectivity index (χ3n) is 6.03. The van der Waals surface area contributed by atoms with Gasteiger partial charge in [-0.3, -0.25) is 14.4 Å². The Morgan fingerprint density at radius 1 is 1.17 bits per heavy atom. The SMILES string of the molecule is COC(=O)CNC(=O)C(c1ccc(O)c(C)c1)N(C(=O)C(NC(=O)OC(C)(C)C)C(C)C)C1CCC1. The molecule has 10 heteroatoms. The van der Waals surface area contributed by atoms with Crippen LogP contribution in [0.4, 0.5) is 4.79 Å². The van der Waals surface area contributed by atoms with Gasteiger partial charge in [-0.05, 0) is 76.1 Å². The first-order valence-corrected chi connectivity index (χ1v) is 12.2. The number of esters is 1. The second-order valence-electron chi connectivity index (χ2n) is 10.4. The zero-order valence-corrected chi connectivity index (χ0v) is 22.2. The molecule has 1 aromatic carbocycles. The molecular formula is C26H39N3O7. The summed E-state index contributed by atoms with van der Waals surface area (Å²) in [6.45, 7) is 10.1. The molecular weight excluding hydrogens is 466 g/mol. The van der Waals surface area contributed by atoms with Crippen molar-refractivity contribution in [1.82, 2.24) is 15.5 Å². The van der Waals surface area contributed by atoms with Gasteiger partial charge in [-0.2, -0.15) is 0 Å². The predicted molar refractivity (Wildman–Crippen MR) is 133 cm³/mol. The first-order valence-electron chi connectivity index (χ1n) is 12.2. The van der Waals surface area contributed by atoms with Crippen LogP contribution in [-0.4, -0.2) is 65.2 Å². The van der Waals surface area contributed by atoms with Crippen LogP contribution in [0.2, 0.25) is 0 Å². The van der Waals surface area contributed by atoms with E-state index in [4.69, 9.17) is 4.74 Å². The molecule has 1 aliphatic rings. The summed E-state index contributed by atoms with van der Waals surface area (Å²) in [6.07, 6.45) is 1.56. The van der Waals surface area contributed by atoms with Gasteiger partial charge in [0.05, 0.1) is 7.11 Å². The summed E-state index contributed by atoms with van der Waals surface area (Å²) in [7, 11) is 1.22. The van der Waals surface area contributed by atoms with Crippen LogP contribution in [0.15, 0.2) is 18.2 Å². The fraction of sp³-hybridized carbons (Fsp3) is 0.615. The molecule has 200 valence electrons. The van der Waals surface area contributed by atoms with Gasteiger partial charge < -0.3 is 30.1 Å². The van der Waals surface area contributed by atoms with Crippen molar-refractivity contribution in [1.29, 1.82) is 0 Å². The third-order valence-corrected chi connectivity index (χ3v) is 6.03. The molecule has 0 bridgehead atoms. The molecule has 3 amide bonds. The number of nitrogens with one attached hydrogen (secondary N) is 2. The number of carbonyl (C=O) groups is 4. The van der Waals surface area contributed by atoms with E-state index in [1.165, 1.54) is 18.1 Å². The van der Waals surface area contributed by atoms with Crippen LogP contribution < -0.4 is 10.6 Å². The molecule has 0 aromatic heterocycles. The van der Waals surface area contributed by atoms with Crippen molar-refractivity contribution in [3.63, 3.8) is 0 Å². The minimum absolute atomic E-state index is 0.0561. The van der Waals surface area contributed by atoms with Crippen LogP contribution in [0.1, 0.15) is 71.0 Å². The summed E-state index contributed by atoms with van der Waals surface area (Å²) in [6, 6.07) is 2.41.